The van der Waals surface area contributed by atoms with E-state index in [1.54, 1.807) is 0 Å². The van der Waals surface area contributed by atoms with Crippen LogP contribution in [0.3, 0.4) is 0 Å². The monoisotopic (exact) mass is 533 g/mol. The molecule has 2 fully saturated rings. The van der Waals surface area contributed by atoms with Gasteiger partial charge in [-0.2, -0.15) is 0 Å². The maximum Gasteiger partial charge on any atom is 0.321 e. The highest BCUT2D eigenvalue weighted by atomic mass is 16.4. The highest BCUT2D eigenvalue weighted by Crippen LogP contribution is 2.36. The van der Waals surface area contributed by atoms with E-state index in [4.69, 9.17) is 0 Å². The maximum absolute atomic E-state index is 13.1. The quantitative estimate of drug-likeness (QED) is 0.409. The fourth-order valence-electron chi connectivity index (χ4n) is 6.80. The van der Waals surface area contributed by atoms with Crippen LogP contribution in [0.4, 0.5) is 0 Å². The van der Waals surface area contributed by atoms with Gasteiger partial charge in [0.05, 0.1) is 0 Å². The average molecular weight is 534 g/mol. The molecule has 2 unspecified atom stereocenters. The summed E-state index contributed by atoms with van der Waals surface area (Å²) in [6.07, 6.45) is 4.22. The van der Waals surface area contributed by atoms with E-state index in [9.17, 15) is 14.7 Å². The molecule has 212 valence electrons. The molecule has 2 saturated heterocycles. The van der Waals surface area contributed by atoms with Crippen molar-refractivity contribution < 1.29 is 14.7 Å². The molecule has 1 amide bonds. The first-order valence-corrected chi connectivity index (χ1v) is 15.0. The van der Waals surface area contributed by atoms with Crippen LogP contribution < -0.4 is 0 Å². The number of hydrogen-bond donors (Lipinski definition) is 1. The number of hydrogen-bond acceptors (Lipinski definition) is 4. The zero-order valence-corrected chi connectivity index (χ0v) is 24.0. The number of nitrogens with zero attached hydrogens (tertiary/aromatic N) is 3. The average Bonchev–Trinajstić information content (AvgIpc) is 3.36. The topological polar surface area (TPSA) is 64.1 Å². The minimum absolute atomic E-state index is 0.118. The van der Waals surface area contributed by atoms with Crippen LogP contribution in [0.2, 0.25) is 0 Å². The number of carboxylic acids is 1. The molecule has 39 heavy (non-hydrogen) atoms. The van der Waals surface area contributed by atoms with Gasteiger partial charge in [-0.15, -0.1) is 0 Å². The first kappa shape index (κ1) is 29.3. The number of carbonyl (C=O) groups excluding carboxylic acids is 1. The van der Waals surface area contributed by atoms with Crippen LogP contribution in [-0.4, -0.2) is 83.0 Å². The van der Waals surface area contributed by atoms with Crippen molar-refractivity contribution in [3.8, 4) is 0 Å². The molecule has 0 saturated carbocycles. The Kier molecular flexibility index (Phi) is 10.6. The normalized spacial score (nSPS) is 22.4. The molecule has 4 rings (SSSR count). The third-order valence-corrected chi connectivity index (χ3v) is 9.15. The Balaban J connectivity index is 1.36. The Bertz CT molecular complexity index is 1040. The van der Waals surface area contributed by atoms with Gasteiger partial charge < -0.3 is 14.9 Å². The standard InChI is InChI=1S/C33H47N3O3/c1-4-25(3)32(33(38)39)35-23-28(30(24-35)27-14-10-7-11-15-27)22-34-20-18-29(19-21-34)36(5-2)31(37)17-16-26-12-8-6-9-13-26/h6-15,25,28-30,32H,4-5,16-24H2,1-3H3,(H,38,39)/t25?,28-,30+,32?/m0/s1. The van der Waals surface area contributed by atoms with E-state index in [1.807, 2.05) is 18.2 Å². The number of carbonyl (C=O) groups is 2. The highest BCUT2D eigenvalue weighted by Gasteiger charge is 2.42. The Labute approximate surface area is 235 Å². The molecular weight excluding hydrogens is 486 g/mol. The molecule has 0 bridgehead atoms. The number of carboxylic acid groups (broad SMARTS) is 1. The molecule has 6 nitrogen and oxygen atoms in total. The predicted molar refractivity (Wildman–Crippen MR) is 157 cm³/mol. The number of benzene rings is 2. The number of rotatable bonds is 12. The Morgan fingerprint density at radius 3 is 2.21 bits per heavy atom. The van der Waals surface area contributed by atoms with E-state index in [-0.39, 0.29) is 11.8 Å². The Morgan fingerprint density at radius 1 is 0.974 bits per heavy atom. The molecule has 0 radical (unpaired) electrons. The molecule has 2 aromatic rings. The van der Waals surface area contributed by atoms with E-state index in [0.717, 1.165) is 65.0 Å². The molecule has 2 aliphatic heterocycles. The number of piperidine rings is 1. The van der Waals surface area contributed by atoms with Gasteiger partial charge in [0.2, 0.25) is 5.91 Å². The lowest BCUT2D eigenvalue weighted by molar-refractivity contribution is -0.145. The second kappa shape index (κ2) is 14.1. The summed E-state index contributed by atoms with van der Waals surface area (Å²) in [5.74, 6) is 0.411. The SMILES string of the molecule is CCC(C)C(C(=O)O)N1C[C@H](CN2CCC(N(CC)C(=O)CCc3ccccc3)CC2)[C@@H](c2ccccc2)C1. The molecule has 1 N–H and O–H groups in total. The Hall–Kier alpha value is -2.70. The zero-order valence-electron chi connectivity index (χ0n) is 24.0. The molecule has 6 heteroatoms. The van der Waals surface area contributed by atoms with Gasteiger partial charge in [-0.25, -0.2) is 0 Å². The van der Waals surface area contributed by atoms with Crippen molar-refractivity contribution in [3.63, 3.8) is 0 Å². The number of aliphatic carboxylic acids is 1. The largest absolute Gasteiger partial charge is 0.480 e. The molecule has 2 heterocycles. The van der Waals surface area contributed by atoms with Gasteiger partial charge in [0, 0.05) is 57.6 Å². The third kappa shape index (κ3) is 7.49. The summed E-state index contributed by atoms with van der Waals surface area (Å²) in [6.45, 7) is 11.6. The third-order valence-electron chi connectivity index (χ3n) is 9.15. The van der Waals surface area contributed by atoms with Crippen LogP contribution in [0.15, 0.2) is 60.7 Å². The summed E-state index contributed by atoms with van der Waals surface area (Å²) in [5.41, 5.74) is 2.53. The minimum Gasteiger partial charge on any atom is -0.480 e. The van der Waals surface area contributed by atoms with Crippen molar-refractivity contribution in [1.29, 1.82) is 0 Å². The molecule has 4 atom stereocenters. The second-order valence-corrected chi connectivity index (χ2v) is 11.6. The number of amides is 1. The molecule has 2 aromatic carbocycles. The number of aryl methyl sites for hydroxylation is 1. The smallest absolute Gasteiger partial charge is 0.321 e. The van der Waals surface area contributed by atoms with Crippen LogP contribution in [0.25, 0.3) is 0 Å². The minimum atomic E-state index is -0.700. The van der Waals surface area contributed by atoms with Crippen molar-refractivity contribution in [3.05, 3.63) is 71.8 Å². The van der Waals surface area contributed by atoms with Gasteiger partial charge in [0.1, 0.15) is 6.04 Å². The molecular formula is C33H47N3O3. The van der Waals surface area contributed by atoms with Gasteiger partial charge in [0.25, 0.3) is 0 Å². The van der Waals surface area contributed by atoms with Gasteiger partial charge in [-0.3, -0.25) is 14.5 Å². The summed E-state index contributed by atoms with van der Waals surface area (Å²) in [4.78, 5) is 32.2. The first-order chi connectivity index (χ1) is 18.9. The molecule has 0 aromatic heterocycles. The lowest BCUT2D eigenvalue weighted by Gasteiger charge is -2.39. The summed E-state index contributed by atoms with van der Waals surface area (Å²) in [7, 11) is 0. The van der Waals surface area contributed by atoms with Crippen molar-refractivity contribution in [2.45, 2.75) is 70.9 Å². The highest BCUT2D eigenvalue weighted by molar-refractivity contribution is 5.76. The van der Waals surface area contributed by atoms with Crippen molar-refractivity contribution in [1.82, 2.24) is 14.7 Å². The van der Waals surface area contributed by atoms with Gasteiger partial charge in [-0.05, 0) is 49.1 Å². The molecule has 0 spiro atoms. The predicted octanol–water partition coefficient (Wildman–Crippen LogP) is 5.15. The van der Waals surface area contributed by atoms with E-state index < -0.39 is 12.0 Å². The first-order valence-electron chi connectivity index (χ1n) is 15.0. The second-order valence-electron chi connectivity index (χ2n) is 11.6. The summed E-state index contributed by atoms with van der Waals surface area (Å²) in [6, 6.07) is 20.8. The van der Waals surface area contributed by atoms with Crippen molar-refractivity contribution in [2.75, 3.05) is 39.3 Å². The van der Waals surface area contributed by atoms with Crippen molar-refractivity contribution in [2.24, 2.45) is 11.8 Å². The Morgan fingerprint density at radius 2 is 1.62 bits per heavy atom. The molecule has 2 aliphatic rings. The van der Waals surface area contributed by atoms with Gasteiger partial charge in [0.15, 0.2) is 0 Å². The fraction of sp³-hybridized carbons (Fsp3) is 0.576. The van der Waals surface area contributed by atoms with Crippen LogP contribution in [0, 0.1) is 11.8 Å². The lowest BCUT2D eigenvalue weighted by atomic mass is 9.88. The van der Waals surface area contributed by atoms with E-state index in [0.29, 0.717) is 24.3 Å². The van der Waals surface area contributed by atoms with Crippen LogP contribution in [0.5, 0.6) is 0 Å². The van der Waals surface area contributed by atoms with E-state index >= 15 is 0 Å². The maximum atomic E-state index is 13.1. The van der Waals surface area contributed by atoms with Gasteiger partial charge in [-0.1, -0.05) is 80.9 Å². The summed E-state index contributed by atoms with van der Waals surface area (Å²) >= 11 is 0. The summed E-state index contributed by atoms with van der Waals surface area (Å²) < 4.78 is 0. The molecule has 0 aliphatic carbocycles. The lowest BCUT2D eigenvalue weighted by Crippen LogP contribution is -2.48. The van der Waals surface area contributed by atoms with Gasteiger partial charge >= 0.3 is 5.97 Å². The van der Waals surface area contributed by atoms with E-state index in [2.05, 4.69) is 77.9 Å². The van der Waals surface area contributed by atoms with Crippen molar-refractivity contribution >= 4 is 11.9 Å². The van der Waals surface area contributed by atoms with Crippen LogP contribution in [-0.2, 0) is 16.0 Å². The van der Waals surface area contributed by atoms with Crippen LogP contribution >= 0.6 is 0 Å². The fourth-order valence-corrected chi connectivity index (χ4v) is 6.80. The number of likely N-dealkylation sites (tertiary alicyclic amines) is 2. The van der Waals surface area contributed by atoms with E-state index in [1.165, 1.54) is 11.1 Å². The zero-order chi connectivity index (χ0) is 27.8. The van der Waals surface area contributed by atoms with Crippen LogP contribution in [0.1, 0.15) is 63.5 Å². The summed E-state index contributed by atoms with van der Waals surface area (Å²) in [5, 5.41) is 10.1.